The van der Waals surface area contributed by atoms with E-state index in [1.807, 2.05) is 27.7 Å². The highest BCUT2D eigenvalue weighted by Gasteiger charge is 2.48. The Morgan fingerprint density at radius 2 is 1.68 bits per heavy atom. The van der Waals surface area contributed by atoms with E-state index in [0.29, 0.717) is 12.8 Å². The molecule has 0 aromatic heterocycles. The number of carbonyl (C=O) groups excluding carboxylic acids is 1. The highest BCUT2D eigenvalue weighted by molar-refractivity contribution is 9.10. The number of hydrogen-bond acceptors (Lipinski definition) is 4. The molecule has 0 aromatic carbocycles. The van der Waals surface area contributed by atoms with Crippen LogP contribution >= 0.6 is 15.9 Å². The van der Waals surface area contributed by atoms with Gasteiger partial charge < -0.3 is 10.4 Å². The summed E-state index contributed by atoms with van der Waals surface area (Å²) < 4.78 is 0. The van der Waals surface area contributed by atoms with Crippen LogP contribution < -0.4 is 5.32 Å². The van der Waals surface area contributed by atoms with Gasteiger partial charge in [0, 0.05) is 17.1 Å². The summed E-state index contributed by atoms with van der Waals surface area (Å²) in [7, 11) is 0. The minimum atomic E-state index is -0.991. The Hall–Kier alpha value is -0.660. The predicted octanol–water partition coefficient (Wildman–Crippen LogP) is 2.31. The van der Waals surface area contributed by atoms with Crippen LogP contribution in [0, 0.1) is 0 Å². The minimum Gasteiger partial charge on any atom is -0.479 e. The number of carbonyl (C=O) groups is 2. The molecule has 0 aliphatic carbocycles. The third kappa shape index (κ3) is 4.67. The van der Waals surface area contributed by atoms with Crippen molar-refractivity contribution in [3.63, 3.8) is 0 Å². The van der Waals surface area contributed by atoms with Crippen molar-refractivity contribution in [2.45, 2.75) is 82.4 Å². The van der Waals surface area contributed by atoms with Gasteiger partial charge in [-0.25, -0.2) is 4.79 Å². The van der Waals surface area contributed by atoms with E-state index in [4.69, 9.17) is 9.94 Å². The molecule has 0 spiro atoms. The second-order valence-corrected chi connectivity index (χ2v) is 8.61. The number of hydrogen-bond donors (Lipinski definition) is 2. The van der Waals surface area contributed by atoms with Crippen LogP contribution in [0.5, 0.6) is 0 Å². The minimum absolute atomic E-state index is 0.0254. The maximum atomic E-state index is 11.9. The molecule has 128 valence electrons. The number of alkyl halides is 1. The van der Waals surface area contributed by atoms with Crippen LogP contribution in [-0.2, 0) is 14.4 Å². The average Bonchev–Trinajstić information content (AvgIpc) is 2.31. The Labute approximate surface area is 140 Å². The zero-order valence-electron chi connectivity index (χ0n) is 14.1. The Bertz CT molecular complexity index is 419. The smallest absolute Gasteiger partial charge is 0.334 e. The quantitative estimate of drug-likeness (QED) is 0.717. The fourth-order valence-electron chi connectivity index (χ4n) is 3.17. The van der Waals surface area contributed by atoms with Crippen LogP contribution in [0.2, 0.25) is 0 Å². The van der Waals surface area contributed by atoms with Gasteiger partial charge in [-0.3, -0.25) is 9.63 Å². The molecular formula is C15H27BrN2O4. The van der Waals surface area contributed by atoms with E-state index in [2.05, 4.69) is 21.2 Å². The fraction of sp³-hybridized carbons (Fsp3) is 0.867. The number of halogens is 1. The lowest BCUT2D eigenvalue weighted by atomic mass is 9.79. The van der Waals surface area contributed by atoms with Crippen LogP contribution in [0.3, 0.4) is 0 Å². The SMILES string of the molecule is CC(Br)C(=O)NC1CC(C)(C)N(OC(C)C(=O)O)C(C)(C)C1. The molecule has 1 fully saturated rings. The van der Waals surface area contributed by atoms with Crippen molar-refractivity contribution in [2.75, 3.05) is 0 Å². The lowest BCUT2D eigenvalue weighted by molar-refractivity contribution is -0.301. The van der Waals surface area contributed by atoms with Gasteiger partial charge in [0.1, 0.15) is 0 Å². The van der Waals surface area contributed by atoms with Crippen molar-refractivity contribution in [1.29, 1.82) is 0 Å². The molecular weight excluding hydrogens is 352 g/mol. The summed E-state index contributed by atoms with van der Waals surface area (Å²) in [6.45, 7) is 11.3. The lowest BCUT2D eigenvalue weighted by Gasteiger charge is -2.54. The molecule has 1 heterocycles. The zero-order valence-corrected chi connectivity index (χ0v) is 15.7. The molecule has 0 radical (unpaired) electrons. The molecule has 0 aromatic rings. The average molecular weight is 379 g/mol. The van der Waals surface area contributed by atoms with Crippen LogP contribution in [-0.4, -0.2) is 50.1 Å². The van der Waals surface area contributed by atoms with Crippen molar-refractivity contribution >= 4 is 27.8 Å². The molecule has 2 unspecified atom stereocenters. The number of aliphatic carboxylic acids is 1. The van der Waals surface area contributed by atoms with Gasteiger partial charge in [-0.15, -0.1) is 0 Å². The van der Waals surface area contributed by atoms with Crippen molar-refractivity contribution in [2.24, 2.45) is 0 Å². The molecule has 6 nitrogen and oxygen atoms in total. The van der Waals surface area contributed by atoms with E-state index in [-0.39, 0.29) is 27.9 Å². The largest absolute Gasteiger partial charge is 0.479 e. The van der Waals surface area contributed by atoms with Gasteiger partial charge in [0.15, 0.2) is 6.10 Å². The van der Waals surface area contributed by atoms with E-state index in [9.17, 15) is 9.59 Å². The van der Waals surface area contributed by atoms with Crippen molar-refractivity contribution in [3.8, 4) is 0 Å². The Morgan fingerprint density at radius 3 is 2.05 bits per heavy atom. The number of hydroxylamine groups is 2. The van der Waals surface area contributed by atoms with E-state index in [1.54, 1.807) is 12.0 Å². The molecule has 22 heavy (non-hydrogen) atoms. The van der Waals surface area contributed by atoms with Gasteiger partial charge in [-0.05, 0) is 54.4 Å². The predicted molar refractivity (Wildman–Crippen MR) is 87.7 cm³/mol. The number of nitrogens with zero attached hydrogens (tertiary/aromatic N) is 1. The molecule has 1 aliphatic heterocycles. The summed E-state index contributed by atoms with van der Waals surface area (Å²) in [6.07, 6.45) is 0.467. The van der Waals surface area contributed by atoms with E-state index in [0.717, 1.165) is 0 Å². The molecule has 2 atom stereocenters. The van der Waals surface area contributed by atoms with Crippen molar-refractivity contribution in [1.82, 2.24) is 10.4 Å². The third-order valence-corrected chi connectivity index (χ3v) is 4.33. The molecule has 0 bridgehead atoms. The van der Waals surface area contributed by atoms with Gasteiger partial charge in [0.2, 0.25) is 5.91 Å². The highest BCUT2D eigenvalue weighted by Crippen LogP contribution is 2.39. The molecule has 7 heteroatoms. The van der Waals surface area contributed by atoms with E-state index < -0.39 is 12.1 Å². The van der Waals surface area contributed by atoms with Crippen LogP contribution in [0.1, 0.15) is 54.4 Å². The van der Waals surface area contributed by atoms with Crippen molar-refractivity contribution < 1.29 is 19.5 Å². The lowest BCUT2D eigenvalue weighted by Crippen LogP contribution is -2.65. The highest BCUT2D eigenvalue weighted by atomic mass is 79.9. The fourth-order valence-corrected chi connectivity index (χ4v) is 3.30. The monoisotopic (exact) mass is 378 g/mol. The number of rotatable bonds is 5. The van der Waals surface area contributed by atoms with E-state index in [1.165, 1.54) is 6.92 Å². The topological polar surface area (TPSA) is 78.9 Å². The molecule has 1 amide bonds. The first-order valence-corrected chi connectivity index (χ1v) is 8.43. The summed E-state index contributed by atoms with van der Waals surface area (Å²) in [5.41, 5.74) is -0.780. The number of amides is 1. The molecule has 1 aliphatic rings. The maximum Gasteiger partial charge on any atom is 0.334 e. The summed E-state index contributed by atoms with van der Waals surface area (Å²) in [5, 5.41) is 13.9. The van der Waals surface area contributed by atoms with E-state index >= 15 is 0 Å². The molecule has 1 rings (SSSR count). The second-order valence-electron chi connectivity index (χ2n) is 7.23. The number of carboxylic acids is 1. The summed E-state index contributed by atoms with van der Waals surface area (Å²) >= 11 is 3.27. The summed E-state index contributed by atoms with van der Waals surface area (Å²) in [4.78, 5) is 28.4. The molecule has 1 saturated heterocycles. The van der Waals surface area contributed by atoms with Gasteiger partial charge in [0.25, 0.3) is 0 Å². The first-order chi connectivity index (χ1) is 9.86. The van der Waals surface area contributed by atoms with Gasteiger partial charge in [-0.2, -0.15) is 5.06 Å². The van der Waals surface area contributed by atoms with Crippen LogP contribution in [0.15, 0.2) is 0 Å². The summed E-state index contributed by atoms with van der Waals surface area (Å²) in [5.74, 6) is -1.03. The Balaban J connectivity index is 2.88. The molecule has 0 saturated carbocycles. The standard InChI is InChI=1S/C15H27BrN2O4/c1-9(16)12(19)17-11-7-14(3,4)18(15(5,6)8-11)22-10(2)13(20)21/h9-11H,7-8H2,1-6H3,(H,17,19)(H,20,21). The number of carboxylic acid groups (broad SMARTS) is 1. The Morgan fingerprint density at radius 1 is 1.23 bits per heavy atom. The Kier molecular flexibility index (Phi) is 6.03. The first-order valence-electron chi connectivity index (χ1n) is 7.51. The van der Waals surface area contributed by atoms with Crippen molar-refractivity contribution in [3.05, 3.63) is 0 Å². The normalized spacial score (nSPS) is 24.5. The second kappa shape index (κ2) is 6.84. The van der Waals surface area contributed by atoms with Gasteiger partial charge in [-0.1, -0.05) is 15.9 Å². The summed E-state index contributed by atoms with van der Waals surface area (Å²) in [6, 6.07) is 0.0254. The first kappa shape index (κ1) is 19.4. The third-order valence-electron chi connectivity index (χ3n) is 3.91. The van der Waals surface area contributed by atoms with Gasteiger partial charge >= 0.3 is 5.97 Å². The van der Waals surface area contributed by atoms with Crippen LogP contribution in [0.25, 0.3) is 0 Å². The number of nitrogens with one attached hydrogen (secondary N) is 1. The number of piperidine rings is 1. The van der Waals surface area contributed by atoms with Gasteiger partial charge in [0.05, 0.1) is 4.83 Å². The maximum absolute atomic E-state index is 11.9. The molecule has 2 N–H and O–H groups in total. The zero-order chi connectivity index (χ0) is 17.3. The van der Waals surface area contributed by atoms with Crippen LogP contribution in [0.4, 0.5) is 0 Å².